The zero-order valence-corrected chi connectivity index (χ0v) is 19.9. The van der Waals surface area contributed by atoms with E-state index in [0.717, 1.165) is 22.2 Å². The standard InChI is InChI=1S/C24H18BrFN2O4S/c1-31-20-11-17(10-19(25)22(20)32-14-16-6-8-27-9-7-16)12-21-23(29)28(24(30)33-21)13-15-2-4-18(26)5-3-15/h2-12H,13-14H2,1H3/b21-12-. The molecule has 0 atom stereocenters. The molecule has 0 N–H and O–H groups in total. The fourth-order valence-electron chi connectivity index (χ4n) is 3.16. The molecule has 9 heteroatoms. The zero-order valence-electron chi connectivity index (χ0n) is 17.5. The molecule has 0 spiro atoms. The summed E-state index contributed by atoms with van der Waals surface area (Å²) in [6, 6.07) is 12.9. The number of rotatable bonds is 7. The summed E-state index contributed by atoms with van der Waals surface area (Å²) in [6.07, 6.45) is 5.02. The van der Waals surface area contributed by atoms with E-state index in [0.29, 0.717) is 38.6 Å². The predicted molar refractivity (Wildman–Crippen MR) is 127 cm³/mol. The van der Waals surface area contributed by atoms with Crippen molar-refractivity contribution in [1.82, 2.24) is 9.88 Å². The number of carbonyl (C=O) groups is 2. The Morgan fingerprint density at radius 3 is 2.52 bits per heavy atom. The minimum atomic E-state index is -0.401. The second kappa shape index (κ2) is 10.2. The van der Waals surface area contributed by atoms with Crippen LogP contribution in [0.1, 0.15) is 16.7 Å². The number of aromatic nitrogens is 1. The molecule has 2 heterocycles. The molecule has 168 valence electrons. The second-order valence-corrected chi connectivity index (χ2v) is 8.92. The number of amides is 2. The van der Waals surface area contributed by atoms with Crippen LogP contribution in [0, 0.1) is 5.82 Å². The van der Waals surface area contributed by atoms with Gasteiger partial charge in [-0.25, -0.2) is 4.39 Å². The van der Waals surface area contributed by atoms with Gasteiger partial charge in [-0.15, -0.1) is 0 Å². The van der Waals surface area contributed by atoms with Gasteiger partial charge < -0.3 is 9.47 Å². The maximum atomic E-state index is 13.1. The lowest BCUT2D eigenvalue weighted by Gasteiger charge is -2.14. The van der Waals surface area contributed by atoms with Crippen molar-refractivity contribution >= 4 is 44.9 Å². The SMILES string of the molecule is COc1cc(/C=C2\SC(=O)N(Cc3ccc(F)cc3)C2=O)cc(Br)c1OCc1ccncc1. The summed E-state index contributed by atoms with van der Waals surface area (Å²) in [7, 11) is 1.53. The van der Waals surface area contributed by atoms with Crippen LogP contribution in [0.25, 0.3) is 6.08 Å². The van der Waals surface area contributed by atoms with E-state index in [2.05, 4.69) is 20.9 Å². The molecular formula is C24H18BrFN2O4S. The Balaban J connectivity index is 1.53. The summed E-state index contributed by atoms with van der Waals surface area (Å²) >= 11 is 4.37. The number of nitrogens with zero attached hydrogens (tertiary/aromatic N) is 2. The fraction of sp³-hybridized carbons (Fsp3) is 0.125. The van der Waals surface area contributed by atoms with Gasteiger partial charge in [-0.1, -0.05) is 12.1 Å². The van der Waals surface area contributed by atoms with Gasteiger partial charge in [0.25, 0.3) is 11.1 Å². The topological polar surface area (TPSA) is 68.7 Å². The van der Waals surface area contributed by atoms with Gasteiger partial charge in [0.2, 0.25) is 0 Å². The summed E-state index contributed by atoms with van der Waals surface area (Å²) in [4.78, 5) is 30.7. The molecule has 1 aromatic heterocycles. The highest BCUT2D eigenvalue weighted by atomic mass is 79.9. The van der Waals surface area contributed by atoms with Crippen LogP contribution in [0.5, 0.6) is 11.5 Å². The van der Waals surface area contributed by atoms with Crippen LogP contribution in [0.15, 0.2) is 70.3 Å². The van der Waals surface area contributed by atoms with Gasteiger partial charge in [-0.3, -0.25) is 19.5 Å². The third kappa shape index (κ3) is 5.43. The van der Waals surface area contributed by atoms with Crippen molar-refractivity contribution in [2.24, 2.45) is 0 Å². The molecule has 3 aromatic rings. The fourth-order valence-corrected chi connectivity index (χ4v) is 4.57. The van der Waals surface area contributed by atoms with Crippen LogP contribution in [0.4, 0.5) is 9.18 Å². The van der Waals surface area contributed by atoms with E-state index in [9.17, 15) is 14.0 Å². The van der Waals surface area contributed by atoms with E-state index in [1.807, 2.05) is 12.1 Å². The molecule has 0 radical (unpaired) electrons. The summed E-state index contributed by atoms with van der Waals surface area (Å²) in [5.41, 5.74) is 2.29. The van der Waals surface area contributed by atoms with Crippen LogP contribution >= 0.6 is 27.7 Å². The molecule has 0 saturated carbocycles. The van der Waals surface area contributed by atoms with E-state index in [1.165, 1.54) is 19.2 Å². The number of hydrogen-bond acceptors (Lipinski definition) is 6. The minimum Gasteiger partial charge on any atom is -0.493 e. The molecule has 2 amide bonds. The second-order valence-electron chi connectivity index (χ2n) is 7.07. The molecular weight excluding hydrogens is 511 g/mol. The van der Waals surface area contributed by atoms with Crippen molar-refractivity contribution in [3.05, 3.63) is 92.8 Å². The van der Waals surface area contributed by atoms with Gasteiger partial charge in [0, 0.05) is 12.4 Å². The van der Waals surface area contributed by atoms with Crippen LogP contribution in [0.2, 0.25) is 0 Å². The Kier molecular flexibility index (Phi) is 7.10. The molecule has 2 aromatic carbocycles. The van der Waals surface area contributed by atoms with Crippen molar-refractivity contribution < 1.29 is 23.5 Å². The first kappa shape index (κ1) is 23.0. The first-order chi connectivity index (χ1) is 15.9. The molecule has 1 fully saturated rings. The third-order valence-corrected chi connectivity index (χ3v) is 6.31. The van der Waals surface area contributed by atoms with Crippen LogP contribution < -0.4 is 9.47 Å². The Labute approximate surface area is 202 Å². The quantitative estimate of drug-likeness (QED) is 0.360. The van der Waals surface area contributed by atoms with E-state index in [-0.39, 0.29) is 17.6 Å². The van der Waals surface area contributed by atoms with Crippen LogP contribution in [-0.2, 0) is 17.9 Å². The van der Waals surface area contributed by atoms with Gasteiger partial charge in [-0.2, -0.15) is 0 Å². The number of pyridine rings is 1. The van der Waals surface area contributed by atoms with E-state index in [1.54, 1.807) is 42.7 Å². The van der Waals surface area contributed by atoms with Gasteiger partial charge in [0.15, 0.2) is 11.5 Å². The zero-order chi connectivity index (χ0) is 23.4. The molecule has 0 bridgehead atoms. The van der Waals surface area contributed by atoms with Crippen LogP contribution in [0.3, 0.4) is 0 Å². The highest BCUT2D eigenvalue weighted by Gasteiger charge is 2.35. The van der Waals surface area contributed by atoms with Crippen molar-refractivity contribution in [2.45, 2.75) is 13.2 Å². The molecule has 33 heavy (non-hydrogen) atoms. The van der Waals surface area contributed by atoms with Gasteiger partial charge in [0.1, 0.15) is 12.4 Å². The van der Waals surface area contributed by atoms with Crippen molar-refractivity contribution in [3.63, 3.8) is 0 Å². The number of carbonyl (C=O) groups excluding carboxylic acids is 2. The van der Waals surface area contributed by atoms with Gasteiger partial charge in [-0.05, 0) is 86.9 Å². The highest BCUT2D eigenvalue weighted by molar-refractivity contribution is 9.10. The Morgan fingerprint density at radius 1 is 1.09 bits per heavy atom. The van der Waals surface area contributed by atoms with Crippen molar-refractivity contribution in [3.8, 4) is 11.5 Å². The van der Waals surface area contributed by atoms with E-state index < -0.39 is 5.91 Å². The largest absolute Gasteiger partial charge is 0.493 e. The monoisotopic (exact) mass is 528 g/mol. The van der Waals surface area contributed by atoms with Crippen molar-refractivity contribution in [2.75, 3.05) is 7.11 Å². The van der Waals surface area contributed by atoms with Gasteiger partial charge in [0.05, 0.1) is 23.0 Å². The number of ether oxygens (including phenoxy) is 2. The molecule has 1 aliphatic heterocycles. The number of hydrogen-bond donors (Lipinski definition) is 0. The third-order valence-electron chi connectivity index (χ3n) is 4.81. The van der Waals surface area contributed by atoms with E-state index in [4.69, 9.17) is 9.47 Å². The number of methoxy groups -OCH3 is 1. The number of halogens is 2. The average molecular weight is 529 g/mol. The Morgan fingerprint density at radius 2 is 1.82 bits per heavy atom. The normalized spacial score (nSPS) is 14.8. The molecule has 4 rings (SSSR count). The van der Waals surface area contributed by atoms with E-state index >= 15 is 0 Å². The predicted octanol–water partition coefficient (Wildman–Crippen LogP) is 5.81. The lowest BCUT2D eigenvalue weighted by molar-refractivity contribution is -0.123. The first-order valence-corrected chi connectivity index (χ1v) is 11.4. The lowest BCUT2D eigenvalue weighted by Crippen LogP contribution is -2.27. The maximum Gasteiger partial charge on any atom is 0.293 e. The number of imide groups is 1. The maximum absolute atomic E-state index is 13.1. The molecule has 0 unspecified atom stereocenters. The van der Waals surface area contributed by atoms with Crippen molar-refractivity contribution in [1.29, 1.82) is 0 Å². The molecule has 6 nitrogen and oxygen atoms in total. The first-order valence-electron chi connectivity index (χ1n) is 9.83. The highest BCUT2D eigenvalue weighted by Crippen LogP contribution is 2.39. The molecule has 1 aliphatic rings. The molecule has 0 aliphatic carbocycles. The number of thioether (sulfide) groups is 1. The summed E-state index contributed by atoms with van der Waals surface area (Å²) < 4.78 is 25.2. The lowest BCUT2D eigenvalue weighted by atomic mass is 10.1. The average Bonchev–Trinajstić information content (AvgIpc) is 3.07. The van der Waals surface area contributed by atoms with Crippen LogP contribution in [-0.4, -0.2) is 28.1 Å². The summed E-state index contributed by atoms with van der Waals surface area (Å²) in [5.74, 6) is 0.231. The Bertz CT molecular complexity index is 1220. The minimum absolute atomic E-state index is 0.0804. The number of benzene rings is 2. The van der Waals surface area contributed by atoms with Gasteiger partial charge >= 0.3 is 0 Å². The molecule has 1 saturated heterocycles. The summed E-state index contributed by atoms with van der Waals surface area (Å²) in [5, 5.41) is -0.376. The summed E-state index contributed by atoms with van der Waals surface area (Å²) in [6.45, 7) is 0.413. The smallest absolute Gasteiger partial charge is 0.293 e. The Hall–Kier alpha value is -3.17.